The lowest BCUT2D eigenvalue weighted by Crippen LogP contribution is -2.30. The Kier molecular flexibility index (Phi) is 63.7. The maximum atomic E-state index is 12.9. The molecule has 0 aliphatic heterocycles. The zero-order valence-corrected chi connectivity index (χ0v) is 52.1. The lowest BCUT2D eigenvalue weighted by atomic mass is 10.0. The minimum Gasteiger partial charge on any atom is -0.462 e. The van der Waals surface area contributed by atoms with Crippen molar-refractivity contribution in [2.45, 2.75) is 335 Å². The first-order valence-corrected chi connectivity index (χ1v) is 33.7. The van der Waals surface area contributed by atoms with E-state index in [-0.39, 0.29) is 31.1 Å². The van der Waals surface area contributed by atoms with E-state index in [1.54, 1.807) is 0 Å². The van der Waals surface area contributed by atoms with Crippen LogP contribution in [0.25, 0.3) is 0 Å². The molecule has 0 saturated carbocycles. The van der Waals surface area contributed by atoms with E-state index < -0.39 is 6.10 Å². The number of allylic oxidation sites excluding steroid dienone is 16. The monoisotopic (exact) mass is 1100 g/mol. The fourth-order valence-corrected chi connectivity index (χ4v) is 9.54. The molecule has 0 bridgehead atoms. The van der Waals surface area contributed by atoms with E-state index in [1.165, 1.54) is 186 Å². The summed E-state index contributed by atoms with van der Waals surface area (Å²) >= 11 is 0. The molecule has 1 atom stereocenters. The van der Waals surface area contributed by atoms with Crippen LogP contribution in [0.5, 0.6) is 0 Å². The zero-order chi connectivity index (χ0) is 57.1. The van der Waals surface area contributed by atoms with E-state index in [1.807, 2.05) is 0 Å². The SMILES string of the molecule is CC/C=C\C/C=C\C/C=C\C/C=C\C/C=C\C/C=C\CCCCCCCCCCCCC(=O)OCC(COC(=O)CCCCCCCCC)OC(=O)CCCCCCCCCCCCCCC/C=C\C/C=C\CCCCCCC. The van der Waals surface area contributed by atoms with E-state index in [9.17, 15) is 14.4 Å². The van der Waals surface area contributed by atoms with Gasteiger partial charge in [0.2, 0.25) is 0 Å². The predicted octanol–water partition coefficient (Wildman–Crippen LogP) is 23.2. The van der Waals surface area contributed by atoms with Crippen LogP contribution in [0.1, 0.15) is 329 Å². The second kappa shape index (κ2) is 66.8. The molecule has 0 aromatic heterocycles. The maximum Gasteiger partial charge on any atom is 0.306 e. The smallest absolute Gasteiger partial charge is 0.306 e. The van der Waals surface area contributed by atoms with Gasteiger partial charge in [-0.3, -0.25) is 14.4 Å². The van der Waals surface area contributed by atoms with E-state index in [2.05, 4.69) is 118 Å². The molecule has 0 aromatic carbocycles. The normalized spacial score (nSPS) is 12.7. The van der Waals surface area contributed by atoms with Gasteiger partial charge in [-0.2, -0.15) is 0 Å². The third kappa shape index (κ3) is 65.0. The number of unbranched alkanes of at least 4 members (excludes halogenated alkanes) is 34. The van der Waals surface area contributed by atoms with Crippen LogP contribution in [-0.2, 0) is 28.6 Å². The molecule has 0 aliphatic rings. The van der Waals surface area contributed by atoms with Crippen molar-refractivity contribution in [3.05, 3.63) is 97.2 Å². The molecule has 0 N–H and O–H groups in total. The van der Waals surface area contributed by atoms with Crippen LogP contribution >= 0.6 is 0 Å². The fourth-order valence-electron chi connectivity index (χ4n) is 9.54. The van der Waals surface area contributed by atoms with Crippen LogP contribution in [0.4, 0.5) is 0 Å². The van der Waals surface area contributed by atoms with Crippen LogP contribution < -0.4 is 0 Å². The number of hydrogen-bond donors (Lipinski definition) is 0. The molecule has 0 heterocycles. The molecule has 0 rings (SSSR count). The van der Waals surface area contributed by atoms with Crippen molar-refractivity contribution in [2.75, 3.05) is 13.2 Å². The molecular formula is C73H126O6. The van der Waals surface area contributed by atoms with Gasteiger partial charge in [-0.1, -0.05) is 304 Å². The average molecular weight is 1100 g/mol. The summed E-state index contributed by atoms with van der Waals surface area (Å²) < 4.78 is 16.9. The molecule has 0 radical (unpaired) electrons. The molecule has 0 aliphatic carbocycles. The number of rotatable bonds is 61. The first-order chi connectivity index (χ1) is 39.0. The molecule has 0 saturated heterocycles. The summed E-state index contributed by atoms with van der Waals surface area (Å²) in [4.78, 5) is 38.2. The Morgan fingerprint density at radius 1 is 0.266 bits per heavy atom. The summed E-state index contributed by atoms with van der Waals surface area (Å²) in [6, 6.07) is 0. The van der Waals surface area contributed by atoms with Gasteiger partial charge in [-0.25, -0.2) is 0 Å². The summed E-state index contributed by atoms with van der Waals surface area (Å²) in [5.74, 6) is -0.877. The predicted molar refractivity (Wildman–Crippen MR) is 344 cm³/mol. The largest absolute Gasteiger partial charge is 0.462 e. The third-order valence-corrected chi connectivity index (χ3v) is 14.6. The summed E-state index contributed by atoms with van der Waals surface area (Å²) in [5.41, 5.74) is 0. The van der Waals surface area contributed by atoms with Crippen molar-refractivity contribution < 1.29 is 28.6 Å². The number of ether oxygens (including phenoxy) is 3. The van der Waals surface area contributed by atoms with Gasteiger partial charge in [-0.05, 0) is 103 Å². The van der Waals surface area contributed by atoms with Gasteiger partial charge in [0.1, 0.15) is 13.2 Å². The standard InChI is InChI=1S/C73H126O6/c1-4-7-10-13-16-18-20-22-24-26-28-30-32-34-35-36-37-39-40-42-44-46-48-50-52-54-57-60-63-66-72(75)78-69-70(68-77-71(74)65-62-59-56-15-12-9-6-3)79-73(76)67-64-61-58-55-53-51-49-47-45-43-41-38-33-31-29-27-25-23-21-19-17-14-11-8-5-2/h7,10,16,18,21-24,27-30,34-35,37,39,70H,4-6,8-9,11-15,17,19-20,25-26,31-33,36,38,40-69H2,1-3H3/b10-7-,18-16-,23-21-,24-22-,29-27-,30-28-,35-34-,39-37-. The zero-order valence-electron chi connectivity index (χ0n) is 52.1. The lowest BCUT2D eigenvalue weighted by molar-refractivity contribution is -0.167. The Balaban J connectivity index is 4.12. The Bertz CT molecular complexity index is 1540. The molecule has 0 fully saturated rings. The molecule has 6 nitrogen and oxygen atoms in total. The molecule has 0 aromatic rings. The van der Waals surface area contributed by atoms with Crippen LogP contribution in [0.15, 0.2) is 97.2 Å². The van der Waals surface area contributed by atoms with Crippen molar-refractivity contribution >= 4 is 17.9 Å². The lowest BCUT2D eigenvalue weighted by Gasteiger charge is -2.18. The van der Waals surface area contributed by atoms with Gasteiger partial charge < -0.3 is 14.2 Å². The van der Waals surface area contributed by atoms with Crippen LogP contribution in [0.3, 0.4) is 0 Å². The Morgan fingerprint density at radius 3 is 0.772 bits per heavy atom. The second-order valence-electron chi connectivity index (χ2n) is 22.4. The molecular weight excluding hydrogens is 973 g/mol. The quantitative estimate of drug-likeness (QED) is 0.0261. The Labute approximate surface area is 489 Å². The number of carbonyl (C=O) groups excluding carboxylic acids is 3. The Morgan fingerprint density at radius 2 is 0.494 bits per heavy atom. The van der Waals surface area contributed by atoms with Gasteiger partial charge in [0.05, 0.1) is 0 Å². The van der Waals surface area contributed by atoms with Gasteiger partial charge in [-0.15, -0.1) is 0 Å². The fraction of sp³-hybridized carbons (Fsp3) is 0.740. The van der Waals surface area contributed by atoms with Crippen LogP contribution in [0.2, 0.25) is 0 Å². The number of carbonyl (C=O) groups is 3. The van der Waals surface area contributed by atoms with Gasteiger partial charge in [0, 0.05) is 19.3 Å². The van der Waals surface area contributed by atoms with Gasteiger partial charge >= 0.3 is 17.9 Å². The highest BCUT2D eigenvalue weighted by atomic mass is 16.6. The summed E-state index contributed by atoms with van der Waals surface area (Å²) in [6.07, 6.45) is 90.2. The average Bonchev–Trinajstić information content (AvgIpc) is 3.45. The van der Waals surface area contributed by atoms with E-state index >= 15 is 0 Å². The highest BCUT2D eigenvalue weighted by Gasteiger charge is 2.19. The first-order valence-electron chi connectivity index (χ1n) is 33.7. The number of esters is 3. The third-order valence-electron chi connectivity index (χ3n) is 14.6. The van der Waals surface area contributed by atoms with Crippen molar-refractivity contribution in [2.24, 2.45) is 0 Å². The maximum absolute atomic E-state index is 12.9. The van der Waals surface area contributed by atoms with Crippen LogP contribution in [0, 0.1) is 0 Å². The summed E-state index contributed by atoms with van der Waals surface area (Å²) in [5, 5.41) is 0. The van der Waals surface area contributed by atoms with Gasteiger partial charge in [0.15, 0.2) is 6.10 Å². The highest BCUT2D eigenvalue weighted by molar-refractivity contribution is 5.71. The van der Waals surface area contributed by atoms with Crippen molar-refractivity contribution in [1.82, 2.24) is 0 Å². The van der Waals surface area contributed by atoms with Crippen molar-refractivity contribution in [1.29, 1.82) is 0 Å². The highest BCUT2D eigenvalue weighted by Crippen LogP contribution is 2.17. The minimum absolute atomic E-state index is 0.0763. The minimum atomic E-state index is -0.777. The van der Waals surface area contributed by atoms with Crippen molar-refractivity contribution in [3.63, 3.8) is 0 Å². The van der Waals surface area contributed by atoms with E-state index in [0.717, 1.165) is 103 Å². The number of hydrogen-bond acceptors (Lipinski definition) is 6. The topological polar surface area (TPSA) is 78.9 Å². The van der Waals surface area contributed by atoms with Crippen LogP contribution in [-0.4, -0.2) is 37.2 Å². The molecule has 0 amide bonds. The first kappa shape index (κ1) is 75.3. The van der Waals surface area contributed by atoms with E-state index in [0.29, 0.717) is 19.3 Å². The van der Waals surface area contributed by atoms with E-state index in [4.69, 9.17) is 14.2 Å². The van der Waals surface area contributed by atoms with Gasteiger partial charge in [0.25, 0.3) is 0 Å². The molecule has 6 heteroatoms. The summed E-state index contributed by atoms with van der Waals surface area (Å²) in [7, 11) is 0. The molecule has 0 spiro atoms. The molecule has 454 valence electrons. The second-order valence-corrected chi connectivity index (χ2v) is 22.4. The van der Waals surface area contributed by atoms with Crippen molar-refractivity contribution in [3.8, 4) is 0 Å². The summed E-state index contributed by atoms with van der Waals surface area (Å²) in [6.45, 7) is 6.50. The Hall–Kier alpha value is -3.67. The molecule has 79 heavy (non-hydrogen) atoms. The molecule has 1 unspecified atom stereocenters.